The van der Waals surface area contributed by atoms with E-state index in [0.717, 1.165) is 35.7 Å². The fourth-order valence-corrected chi connectivity index (χ4v) is 2.45. The first-order chi connectivity index (χ1) is 9.15. The summed E-state index contributed by atoms with van der Waals surface area (Å²) in [6, 6.07) is 2.20. The highest BCUT2D eigenvalue weighted by molar-refractivity contribution is 5.78. The molecule has 4 heteroatoms. The van der Waals surface area contributed by atoms with E-state index in [1.54, 1.807) is 0 Å². The predicted molar refractivity (Wildman–Crippen MR) is 79.0 cm³/mol. The van der Waals surface area contributed by atoms with Crippen LogP contribution in [-0.2, 0) is 13.6 Å². The van der Waals surface area contributed by atoms with E-state index in [9.17, 15) is 0 Å². The van der Waals surface area contributed by atoms with E-state index in [0.29, 0.717) is 0 Å². The number of aryl methyl sites for hydroxylation is 2. The summed E-state index contributed by atoms with van der Waals surface area (Å²) in [6.45, 7) is 8.50. The molecule has 0 atom stereocenters. The molecule has 0 aromatic carbocycles. The fraction of sp³-hybridized carbons (Fsp3) is 0.600. The Balaban J connectivity index is 2.03. The van der Waals surface area contributed by atoms with Crippen molar-refractivity contribution in [1.29, 1.82) is 0 Å². The normalized spacial score (nSPS) is 11.6. The monoisotopic (exact) mass is 260 g/mol. The van der Waals surface area contributed by atoms with Gasteiger partial charge < -0.3 is 5.32 Å². The maximum absolute atomic E-state index is 4.50. The Morgan fingerprint density at radius 3 is 2.74 bits per heavy atom. The van der Waals surface area contributed by atoms with Crippen LogP contribution in [0.25, 0.3) is 11.0 Å². The third-order valence-corrected chi connectivity index (χ3v) is 3.84. The molecule has 0 radical (unpaired) electrons. The van der Waals surface area contributed by atoms with Gasteiger partial charge in [0.15, 0.2) is 5.65 Å². The number of rotatable bonds is 6. The molecule has 0 aliphatic rings. The summed E-state index contributed by atoms with van der Waals surface area (Å²) in [5, 5.41) is 9.08. The fourth-order valence-electron chi connectivity index (χ4n) is 2.45. The molecule has 2 rings (SSSR count). The highest BCUT2D eigenvalue weighted by Crippen LogP contribution is 2.16. The van der Waals surface area contributed by atoms with Gasteiger partial charge in [-0.1, -0.05) is 26.7 Å². The van der Waals surface area contributed by atoms with Crippen LogP contribution in [0, 0.1) is 12.8 Å². The molecular weight excluding hydrogens is 236 g/mol. The molecule has 2 aromatic heterocycles. The Morgan fingerprint density at radius 2 is 2.05 bits per heavy atom. The van der Waals surface area contributed by atoms with Gasteiger partial charge >= 0.3 is 0 Å². The van der Waals surface area contributed by atoms with Crippen LogP contribution in [-0.4, -0.2) is 21.3 Å². The summed E-state index contributed by atoms with van der Waals surface area (Å²) in [5.74, 6) is 0.775. The Labute approximate surface area is 115 Å². The van der Waals surface area contributed by atoms with Crippen molar-refractivity contribution in [2.75, 3.05) is 6.54 Å². The third kappa shape index (κ3) is 3.13. The Hall–Kier alpha value is -1.42. The van der Waals surface area contributed by atoms with Gasteiger partial charge in [-0.2, -0.15) is 5.10 Å². The second kappa shape index (κ2) is 6.15. The topological polar surface area (TPSA) is 42.7 Å². The average Bonchev–Trinajstić information content (AvgIpc) is 2.70. The van der Waals surface area contributed by atoms with Crippen molar-refractivity contribution in [3.63, 3.8) is 0 Å². The number of hydrogen-bond donors (Lipinski definition) is 1. The largest absolute Gasteiger partial charge is 0.312 e. The molecule has 1 N–H and O–H groups in total. The van der Waals surface area contributed by atoms with Crippen molar-refractivity contribution in [3.8, 4) is 0 Å². The summed E-state index contributed by atoms with van der Waals surface area (Å²) < 4.78 is 1.84. The molecule has 0 bridgehead atoms. The number of nitrogens with one attached hydrogen (secondary N) is 1. The maximum Gasteiger partial charge on any atom is 0.157 e. The smallest absolute Gasteiger partial charge is 0.157 e. The molecule has 104 valence electrons. The van der Waals surface area contributed by atoms with Crippen molar-refractivity contribution >= 4 is 11.0 Å². The molecule has 0 spiro atoms. The molecule has 4 nitrogen and oxygen atoms in total. The van der Waals surface area contributed by atoms with Crippen LogP contribution in [0.5, 0.6) is 0 Å². The van der Waals surface area contributed by atoms with Gasteiger partial charge in [-0.15, -0.1) is 0 Å². The molecule has 0 amide bonds. The van der Waals surface area contributed by atoms with Crippen LogP contribution in [0.4, 0.5) is 0 Å². The van der Waals surface area contributed by atoms with Crippen molar-refractivity contribution < 1.29 is 0 Å². The summed E-state index contributed by atoms with van der Waals surface area (Å²) in [4.78, 5) is 4.50. The lowest BCUT2D eigenvalue weighted by Crippen LogP contribution is -2.21. The van der Waals surface area contributed by atoms with Gasteiger partial charge in [-0.25, -0.2) is 4.98 Å². The molecular formula is C15H24N4. The van der Waals surface area contributed by atoms with Crippen molar-refractivity contribution in [2.45, 2.75) is 40.2 Å². The maximum atomic E-state index is 4.50. The van der Waals surface area contributed by atoms with Gasteiger partial charge in [0.2, 0.25) is 0 Å². The van der Waals surface area contributed by atoms with Gasteiger partial charge in [0.25, 0.3) is 0 Å². The highest BCUT2D eigenvalue weighted by atomic mass is 15.3. The van der Waals surface area contributed by atoms with Crippen LogP contribution in [0.3, 0.4) is 0 Å². The van der Waals surface area contributed by atoms with E-state index in [1.807, 2.05) is 24.9 Å². The van der Waals surface area contributed by atoms with Crippen molar-refractivity contribution in [2.24, 2.45) is 13.0 Å². The molecule has 0 saturated carbocycles. The van der Waals surface area contributed by atoms with Gasteiger partial charge in [0.1, 0.15) is 0 Å². The van der Waals surface area contributed by atoms with Gasteiger partial charge in [-0.05, 0) is 31.0 Å². The zero-order valence-electron chi connectivity index (χ0n) is 12.4. The number of hydrogen-bond acceptors (Lipinski definition) is 3. The molecule has 0 fully saturated rings. The minimum atomic E-state index is 0.775. The molecule has 0 saturated heterocycles. The van der Waals surface area contributed by atoms with Crippen LogP contribution in [0.1, 0.15) is 37.9 Å². The number of fused-ring (bicyclic) bond motifs is 1. The van der Waals surface area contributed by atoms with Crippen molar-refractivity contribution in [3.05, 3.63) is 23.5 Å². The molecule has 19 heavy (non-hydrogen) atoms. The van der Waals surface area contributed by atoms with E-state index >= 15 is 0 Å². The SMILES string of the molecule is CCC(CC)CNCc1cnc2c(c1)c(C)nn2C. The standard InChI is InChI=1S/C15H24N4/c1-5-12(6-2)8-16-9-13-7-14-11(3)18-19(4)15(14)17-10-13/h7,10,12,16H,5-6,8-9H2,1-4H3. The first-order valence-corrected chi connectivity index (χ1v) is 7.14. The van der Waals surface area contributed by atoms with Crippen LogP contribution >= 0.6 is 0 Å². The number of aromatic nitrogens is 3. The lowest BCUT2D eigenvalue weighted by molar-refractivity contribution is 0.449. The summed E-state index contributed by atoms with van der Waals surface area (Å²) in [6.07, 6.45) is 4.42. The minimum Gasteiger partial charge on any atom is -0.312 e. The quantitative estimate of drug-likeness (QED) is 0.868. The van der Waals surface area contributed by atoms with Gasteiger partial charge in [-0.3, -0.25) is 4.68 Å². The molecule has 2 heterocycles. The second-order valence-electron chi connectivity index (χ2n) is 5.24. The second-order valence-corrected chi connectivity index (χ2v) is 5.24. The molecule has 2 aromatic rings. The Morgan fingerprint density at radius 1 is 1.32 bits per heavy atom. The summed E-state index contributed by atoms with van der Waals surface area (Å²) >= 11 is 0. The average molecular weight is 260 g/mol. The lowest BCUT2D eigenvalue weighted by atomic mass is 10.0. The van der Waals surface area contributed by atoms with Crippen molar-refractivity contribution in [1.82, 2.24) is 20.1 Å². The third-order valence-electron chi connectivity index (χ3n) is 3.84. The van der Waals surface area contributed by atoms with E-state index in [-0.39, 0.29) is 0 Å². The van der Waals surface area contributed by atoms with E-state index in [2.05, 4.69) is 35.3 Å². The first kappa shape index (κ1) is 14.0. The van der Waals surface area contributed by atoms with Crippen LogP contribution in [0.2, 0.25) is 0 Å². The molecule has 0 aliphatic heterocycles. The lowest BCUT2D eigenvalue weighted by Gasteiger charge is -2.13. The zero-order chi connectivity index (χ0) is 13.8. The van der Waals surface area contributed by atoms with E-state index in [1.165, 1.54) is 18.4 Å². The highest BCUT2D eigenvalue weighted by Gasteiger charge is 2.07. The van der Waals surface area contributed by atoms with Crippen LogP contribution in [0.15, 0.2) is 12.3 Å². The molecule has 0 unspecified atom stereocenters. The molecule has 0 aliphatic carbocycles. The number of nitrogens with zero attached hydrogens (tertiary/aromatic N) is 3. The van der Waals surface area contributed by atoms with Crippen LogP contribution < -0.4 is 5.32 Å². The number of pyridine rings is 1. The summed E-state index contributed by atoms with van der Waals surface area (Å²) in [5.41, 5.74) is 3.24. The minimum absolute atomic E-state index is 0.775. The first-order valence-electron chi connectivity index (χ1n) is 7.14. The van der Waals surface area contributed by atoms with Gasteiger partial charge in [0.05, 0.1) is 5.69 Å². The van der Waals surface area contributed by atoms with E-state index in [4.69, 9.17) is 0 Å². The van der Waals surface area contributed by atoms with E-state index < -0.39 is 0 Å². The summed E-state index contributed by atoms with van der Waals surface area (Å²) in [7, 11) is 1.94. The van der Waals surface area contributed by atoms with Gasteiger partial charge in [0, 0.05) is 25.2 Å². The Kier molecular flexibility index (Phi) is 4.53. The Bertz CT molecular complexity index is 540. The predicted octanol–water partition coefficient (Wildman–Crippen LogP) is 2.80. The zero-order valence-corrected chi connectivity index (χ0v) is 12.4.